The summed E-state index contributed by atoms with van der Waals surface area (Å²) >= 11 is 1.12. The van der Waals surface area contributed by atoms with E-state index in [1.165, 1.54) is 26.0 Å². The van der Waals surface area contributed by atoms with Gasteiger partial charge in [0.15, 0.2) is 0 Å². The predicted octanol–water partition coefficient (Wildman–Crippen LogP) is 4.47. The zero-order valence-electron chi connectivity index (χ0n) is 13.7. The van der Waals surface area contributed by atoms with E-state index in [0.717, 1.165) is 17.8 Å². The molecule has 0 fully saturated rings. The van der Waals surface area contributed by atoms with Crippen LogP contribution in [0.2, 0.25) is 0 Å². The Labute approximate surface area is 142 Å². The first kappa shape index (κ1) is 20.4. The Bertz CT molecular complexity index is 644. The highest BCUT2D eigenvalue weighted by atomic mass is 32.7. The Morgan fingerprint density at radius 2 is 1.87 bits per heavy atom. The summed E-state index contributed by atoms with van der Waals surface area (Å²) in [6, 6.07) is 6.03. The highest BCUT2D eigenvalue weighted by Crippen LogP contribution is 2.60. The molecule has 6 nitrogen and oxygen atoms in total. The molecular formula is C14H23O6PS2. The monoisotopic (exact) mass is 382 g/mol. The smallest absolute Gasteiger partial charge is 0.417 e. The van der Waals surface area contributed by atoms with Crippen LogP contribution in [0.1, 0.15) is 34.1 Å². The molecule has 132 valence electrons. The van der Waals surface area contributed by atoms with Crippen LogP contribution in [0.5, 0.6) is 11.5 Å². The van der Waals surface area contributed by atoms with Gasteiger partial charge in [-0.2, -0.15) is 8.42 Å². The van der Waals surface area contributed by atoms with Crippen LogP contribution in [0.25, 0.3) is 0 Å². The van der Waals surface area contributed by atoms with Gasteiger partial charge in [0.05, 0.1) is 11.9 Å². The zero-order valence-corrected chi connectivity index (χ0v) is 16.2. The standard InChI is InChI=1S/C14H23O6PS2/c1-5-10-22-21(15,18-6-2)19-13-8-7-9-14(11-13)20-23(16,17)12(3)4/h7-9,11-12H,5-6,10H2,1-4H3. The van der Waals surface area contributed by atoms with Gasteiger partial charge in [-0.15, -0.1) is 0 Å². The molecule has 0 bridgehead atoms. The Balaban J connectivity index is 2.93. The van der Waals surface area contributed by atoms with Gasteiger partial charge in [0.25, 0.3) is 0 Å². The Hall–Kier alpha value is -0.690. The van der Waals surface area contributed by atoms with Crippen molar-refractivity contribution >= 4 is 28.3 Å². The fourth-order valence-corrected chi connectivity index (χ4v) is 5.41. The predicted molar refractivity (Wildman–Crippen MR) is 93.7 cm³/mol. The summed E-state index contributed by atoms with van der Waals surface area (Å²) in [5.41, 5.74) is 0. The molecule has 0 saturated carbocycles. The van der Waals surface area contributed by atoms with Crippen LogP contribution in [0, 0.1) is 0 Å². The molecule has 0 amide bonds. The normalized spacial score (nSPS) is 14.5. The van der Waals surface area contributed by atoms with Crippen LogP contribution in [0.3, 0.4) is 0 Å². The number of hydrogen-bond donors (Lipinski definition) is 0. The largest absolute Gasteiger partial charge is 0.440 e. The Morgan fingerprint density at radius 1 is 1.22 bits per heavy atom. The molecule has 9 heteroatoms. The van der Waals surface area contributed by atoms with E-state index in [0.29, 0.717) is 5.75 Å². The van der Waals surface area contributed by atoms with Crippen molar-refractivity contribution in [1.29, 1.82) is 0 Å². The van der Waals surface area contributed by atoms with Crippen molar-refractivity contribution < 1.29 is 26.2 Å². The Kier molecular flexibility index (Phi) is 7.94. The van der Waals surface area contributed by atoms with Gasteiger partial charge in [0, 0.05) is 11.8 Å². The molecule has 0 spiro atoms. The van der Waals surface area contributed by atoms with Gasteiger partial charge >= 0.3 is 16.9 Å². The Morgan fingerprint density at radius 3 is 2.43 bits per heavy atom. The molecule has 1 unspecified atom stereocenters. The maximum absolute atomic E-state index is 12.6. The third kappa shape index (κ3) is 6.75. The van der Waals surface area contributed by atoms with E-state index in [1.807, 2.05) is 6.92 Å². The summed E-state index contributed by atoms with van der Waals surface area (Å²) in [5, 5.41) is -0.665. The molecule has 23 heavy (non-hydrogen) atoms. The quantitative estimate of drug-likeness (QED) is 0.436. The minimum absolute atomic E-state index is 0.111. The van der Waals surface area contributed by atoms with Gasteiger partial charge in [-0.25, -0.2) is 4.57 Å². The SMILES string of the molecule is CCCSP(=O)(OCC)Oc1cccc(OS(=O)(=O)C(C)C)c1. The molecule has 0 aliphatic rings. The lowest BCUT2D eigenvalue weighted by molar-refractivity contribution is 0.296. The van der Waals surface area contributed by atoms with Crippen LogP contribution in [-0.4, -0.2) is 26.0 Å². The maximum Gasteiger partial charge on any atom is 0.440 e. The lowest BCUT2D eigenvalue weighted by Crippen LogP contribution is -2.19. The maximum atomic E-state index is 12.6. The first-order valence-electron chi connectivity index (χ1n) is 7.34. The first-order chi connectivity index (χ1) is 10.7. The third-order valence-corrected chi connectivity index (χ3v) is 8.08. The van der Waals surface area contributed by atoms with E-state index in [2.05, 4.69) is 0 Å². The van der Waals surface area contributed by atoms with Crippen molar-refractivity contribution in [1.82, 2.24) is 0 Å². The van der Waals surface area contributed by atoms with Gasteiger partial charge in [-0.1, -0.05) is 13.0 Å². The fourth-order valence-electron chi connectivity index (χ4n) is 1.39. The summed E-state index contributed by atoms with van der Waals surface area (Å²) in [4.78, 5) is 0. The van der Waals surface area contributed by atoms with Crippen molar-refractivity contribution in [2.75, 3.05) is 12.4 Å². The minimum atomic E-state index is -3.70. The molecule has 1 aromatic carbocycles. The van der Waals surface area contributed by atoms with Crippen molar-refractivity contribution in [2.45, 2.75) is 39.4 Å². The van der Waals surface area contributed by atoms with E-state index < -0.39 is 22.2 Å². The average molecular weight is 382 g/mol. The van der Waals surface area contributed by atoms with Crippen molar-refractivity contribution in [3.63, 3.8) is 0 Å². The van der Waals surface area contributed by atoms with Crippen LogP contribution in [-0.2, 0) is 19.2 Å². The van der Waals surface area contributed by atoms with E-state index in [4.69, 9.17) is 13.2 Å². The van der Waals surface area contributed by atoms with Gasteiger partial charge in [-0.05, 0) is 50.7 Å². The van der Waals surface area contributed by atoms with E-state index >= 15 is 0 Å². The lowest BCUT2D eigenvalue weighted by Gasteiger charge is -2.18. The van der Waals surface area contributed by atoms with Crippen molar-refractivity contribution in [3.8, 4) is 11.5 Å². The topological polar surface area (TPSA) is 78.9 Å². The van der Waals surface area contributed by atoms with E-state index in [-0.39, 0.29) is 18.1 Å². The van der Waals surface area contributed by atoms with Gasteiger partial charge in [-0.3, -0.25) is 4.52 Å². The van der Waals surface area contributed by atoms with Crippen LogP contribution < -0.4 is 8.71 Å². The number of rotatable bonds is 10. The second kappa shape index (κ2) is 8.97. The molecule has 1 aromatic rings. The molecule has 1 atom stereocenters. The third-order valence-electron chi connectivity index (χ3n) is 2.55. The molecule has 0 N–H and O–H groups in total. The number of benzene rings is 1. The van der Waals surface area contributed by atoms with Crippen LogP contribution >= 0.6 is 18.2 Å². The first-order valence-corrected chi connectivity index (χ1v) is 11.9. The number of hydrogen-bond acceptors (Lipinski definition) is 7. The second-order valence-electron chi connectivity index (χ2n) is 4.89. The van der Waals surface area contributed by atoms with Crippen LogP contribution in [0.15, 0.2) is 24.3 Å². The van der Waals surface area contributed by atoms with Crippen LogP contribution in [0.4, 0.5) is 0 Å². The molecule has 0 aromatic heterocycles. The highest BCUT2D eigenvalue weighted by Gasteiger charge is 2.27. The fraction of sp³-hybridized carbons (Fsp3) is 0.571. The van der Waals surface area contributed by atoms with Gasteiger partial charge in [0.2, 0.25) is 0 Å². The highest BCUT2D eigenvalue weighted by molar-refractivity contribution is 8.55. The summed E-state index contributed by atoms with van der Waals surface area (Å²) in [7, 11) is -3.70. The van der Waals surface area contributed by atoms with Crippen molar-refractivity contribution in [2.24, 2.45) is 0 Å². The van der Waals surface area contributed by atoms with Crippen molar-refractivity contribution in [3.05, 3.63) is 24.3 Å². The lowest BCUT2D eigenvalue weighted by atomic mass is 10.3. The summed E-state index contributed by atoms with van der Waals surface area (Å²) in [5.74, 6) is 0.983. The zero-order chi connectivity index (χ0) is 17.5. The molecular weight excluding hydrogens is 359 g/mol. The molecule has 0 saturated heterocycles. The van der Waals surface area contributed by atoms with E-state index in [9.17, 15) is 13.0 Å². The van der Waals surface area contributed by atoms with E-state index in [1.54, 1.807) is 19.1 Å². The van der Waals surface area contributed by atoms with Gasteiger partial charge < -0.3 is 8.71 Å². The molecule has 0 aliphatic carbocycles. The molecule has 0 radical (unpaired) electrons. The molecule has 0 heterocycles. The summed E-state index contributed by atoms with van der Waals surface area (Å²) < 4.78 is 51.9. The summed E-state index contributed by atoms with van der Waals surface area (Å²) in [6.45, 7) is 3.68. The second-order valence-corrected chi connectivity index (χ2v) is 11.1. The molecule has 1 rings (SSSR count). The molecule has 0 aliphatic heterocycles. The average Bonchev–Trinajstić information content (AvgIpc) is 2.45. The van der Waals surface area contributed by atoms with Gasteiger partial charge in [0.1, 0.15) is 11.5 Å². The minimum Gasteiger partial charge on any atom is -0.417 e. The summed E-state index contributed by atoms with van der Waals surface area (Å²) in [6.07, 6.45) is 0.834.